The second-order valence-corrected chi connectivity index (χ2v) is 18.3. The van der Waals surface area contributed by atoms with Gasteiger partial charge in [-0.25, -0.2) is 9.59 Å². The van der Waals surface area contributed by atoms with Crippen molar-refractivity contribution in [3.05, 3.63) is 92.7 Å². The Morgan fingerprint density at radius 3 is 1.24 bits per heavy atom. The fourth-order valence-corrected chi connectivity index (χ4v) is 6.61. The number of nitrogens with two attached hydrogens (primary N) is 2. The molecule has 2 rings (SSSR count). The van der Waals surface area contributed by atoms with E-state index in [0.29, 0.717) is 72.6 Å². The summed E-state index contributed by atoms with van der Waals surface area (Å²) < 4.78 is 42.0. The topological polar surface area (TPSA) is 444 Å². The van der Waals surface area contributed by atoms with Crippen molar-refractivity contribution in [2.24, 2.45) is 21.7 Å². The molecule has 87 heavy (non-hydrogen) atoms. The molecular weight excluding hydrogens is 1140 g/mol. The minimum absolute atomic E-state index is 0.00198. The number of hydrogen-bond acceptors (Lipinski definition) is 19. The molecule has 0 fully saturated rings. The molecule has 0 aliphatic heterocycles. The number of benzene rings is 2. The van der Waals surface area contributed by atoms with E-state index in [2.05, 4.69) is 71.1 Å². The number of alkyl carbamates (subject to hydrolysis) is 2. The van der Waals surface area contributed by atoms with E-state index in [9.17, 15) is 38.4 Å². The van der Waals surface area contributed by atoms with Crippen LogP contribution in [-0.2, 0) is 79.9 Å². The number of nitrogens with one attached hydrogen (secondary N) is 7. The lowest BCUT2D eigenvalue weighted by atomic mass is 10.1. The average Bonchev–Trinajstić information content (AvgIpc) is 3.53. The van der Waals surface area contributed by atoms with Crippen LogP contribution in [-0.4, -0.2) is 191 Å². The number of carbonyl (C=O) groups excluding carboxylic acids is 8. The maximum absolute atomic E-state index is 12.8. The Morgan fingerprint density at radius 1 is 0.483 bits per heavy atom. The normalized spacial score (nSPS) is 10.9. The third-order valence-corrected chi connectivity index (χ3v) is 11.2. The molecule has 0 aromatic heterocycles. The smallest absolute Gasteiger partial charge is 0.408 e. The highest BCUT2D eigenvalue weighted by atomic mass is 16.6. The fourth-order valence-electron chi connectivity index (χ4n) is 6.61. The first-order valence-corrected chi connectivity index (χ1v) is 29.1. The zero-order chi connectivity index (χ0) is 64.1. The lowest BCUT2D eigenvalue weighted by Crippen LogP contribution is -2.49. The molecule has 0 saturated heterocycles. The first-order chi connectivity index (χ1) is 42.3. The van der Waals surface area contributed by atoms with Gasteiger partial charge in [0.05, 0.1) is 92.4 Å². The molecule has 31 nitrogen and oxygen atoms in total. The molecule has 0 aliphatic rings. The summed E-state index contributed by atoms with van der Waals surface area (Å²) in [5.41, 5.74) is 28.2. The highest BCUT2D eigenvalue weighted by Gasteiger charge is 2.24. The largest absolute Gasteiger partial charge is 0.445 e. The molecule has 0 spiro atoms. The molecule has 0 aliphatic carbocycles. The summed E-state index contributed by atoms with van der Waals surface area (Å²) in [6.45, 7) is 9.97. The van der Waals surface area contributed by atoms with Gasteiger partial charge in [-0.1, -0.05) is 110 Å². The molecule has 8 amide bonds. The second kappa shape index (κ2) is 58.5. The van der Waals surface area contributed by atoms with Crippen LogP contribution < -0.4 is 48.7 Å². The van der Waals surface area contributed by atoms with E-state index in [0.717, 1.165) is 36.9 Å². The Morgan fingerprint density at radius 2 is 0.862 bits per heavy atom. The molecule has 0 radical (unpaired) electrons. The van der Waals surface area contributed by atoms with Crippen molar-refractivity contribution < 1.29 is 76.3 Å². The molecule has 0 heterocycles. The lowest BCUT2D eigenvalue weighted by Gasteiger charge is -2.18. The van der Waals surface area contributed by atoms with Crippen molar-refractivity contribution in [2.75, 3.05) is 132 Å². The van der Waals surface area contributed by atoms with Gasteiger partial charge in [-0.15, -0.1) is 0 Å². The molecule has 2 atom stereocenters. The predicted octanol–water partition coefficient (Wildman–Crippen LogP) is 3.24. The lowest BCUT2D eigenvalue weighted by molar-refractivity contribution is -0.128. The van der Waals surface area contributed by atoms with Gasteiger partial charge in [0, 0.05) is 55.4 Å². The van der Waals surface area contributed by atoms with Crippen LogP contribution in [0.2, 0.25) is 0 Å². The number of azide groups is 2. The number of carbonyl (C=O) groups is 8. The summed E-state index contributed by atoms with van der Waals surface area (Å²) in [6, 6.07) is 15.9. The monoisotopic (exact) mass is 1230 g/mol. The van der Waals surface area contributed by atoms with Crippen molar-refractivity contribution >= 4 is 47.6 Å². The van der Waals surface area contributed by atoms with Gasteiger partial charge in [0.25, 0.3) is 0 Å². The van der Waals surface area contributed by atoms with Gasteiger partial charge in [-0.3, -0.25) is 28.8 Å². The summed E-state index contributed by atoms with van der Waals surface area (Å²) >= 11 is 0. The molecule has 31 heteroatoms. The number of rotatable bonds is 49. The zero-order valence-corrected chi connectivity index (χ0v) is 50.4. The first kappa shape index (κ1) is 79.1. The fraction of sp³-hybridized carbons (Fsp3) is 0.643. The Kier molecular flexibility index (Phi) is 53.2. The van der Waals surface area contributed by atoms with Gasteiger partial charge in [0.1, 0.15) is 25.3 Å². The van der Waals surface area contributed by atoms with Gasteiger partial charge >= 0.3 is 12.2 Å². The van der Waals surface area contributed by atoms with Gasteiger partial charge in [-0.05, 0) is 54.4 Å². The predicted molar refractivity (Wildman–Crippen MR) is 321 cm³/mol. The Balaban J connectivity index is 0.00000156. The second-order valence-electron chi connectivity index (χ2n) is 18.3. The summed E-state index contributed by atoms with van der Waals surface area (Å²) in [5.74, 6) is -3.04. The van der Waals surface area contributed by atoms with E-state index in [4.69, 9.17) is 60.4 Å². The van der Waals surface area contributed by atoms with Crippen LogP contribution in [0.3, 0.4) is 0 Å². The van der Waals surface area contributed by atoms with Gasteiger partial charge in [0.15, 0.2) is 0 Å². The molecule has 488 valence electrons. The third kappa shape index (κ3) is 52.2. The number of ether oxygens (including phenoxy) is 8. The Bertz CT molecular complexity index is 2250. The van der Waals surface area contributed by atoms with Crippen LogP contribution in [0.1, 0.15) is 89.2 Å². The minimum atomic E-state index is -1.11. The van der Waals surface area contributed by atoms with E-state index < -0.39 is 53.8 Å². The minimum Gasteiger partial charge on any atom is -0.445 e. The average molecular weight is 1230 g/mol. The maximum atomic E-state index is 12.8. The van der Waals surface area contributed by atoms with Gasteiger partial charge in [-0.2, -0.15) is 0 Å². The van der Waals surface area contributed by atoms with Crippen molar-refractivity contribution in [1.82, 2.24) is 37.2 Å². The molecule has 2 aromatic carbocycles. The number of hydrogen-bond donors (Lipinski definition) is 9. The van der Waals surface area contributed by atoms with Crippen LogP contribution in [0.15, 0.2) is 70.9 Å². The van der Waals surface area contributed by atoms with Crippen molar-refractivity contribution in [3.8, 4) is 0 Å². The molecular formula is C56H93N15O16. The van der Waals surface area contributed by atoms with Crippen LogP contribution in [0.4, 0.5) is 9.59 Å². The third-order valence-electron chi connectivity index (χ3n) is 11.2. The zero-order valence-electron chi connectivity index (χ0n) is 50.4. The summed E-state index contributed by atoms with van der Waals surface area (Å²) in [7, 11) is 0. The molecule has 0 unspecified atom stereocenters. The van der Waals surface area contributed by atoms with E-state index >= 15 is 0 Å². The van der Waals surface area contributed by atoms with E-state index in [1.807, 2.05) is 24.3 Å². The van der Waals surface area contributed by atoms with Gasteiger partial charge < -0.3 is 86.6 Å². The summed E-state index contributed by atoms with van der Waals surface area (Å²) in [5, 5.41) is 24.5. The van der Waals surface area contributed by atoms with Crippen LogP contribution in [0, 0.1) is 0 Å². The SMILES string of the molecule is CCCCCN.CCCCCNC(=O)CC[C@H](NC(=O)OCc1ccccc1)C(=O)NCC(=O)NCCOCCOCCOCCN=[N+]=[N-].[N-]=[N+]=NCCOCCOCCOCCNC(=O)CNC(=O)[C@H](CCC(N)=O)NC(=O)OCc1ccccc1. The van der Waals surface area contributed by atoms with Crippen LogP contribution in [0.25, 0.3) is 20.9 Å². The van der Waals surface area contributed by atoms with Crippen molar-refractivity contribution in [3.63, 3.8) is 0 Å². The summed E-state index contributed by atoms with van der Waals surface area (Å²) in [6.07, 6.45) is 4.84. The van der Waals surface area contributed by atoms with Gasteiger partial charge in [0.2, 0.25) is 35.4 Å². The number of nitrogens with zero attached hydrogens (tertiary/aromatic N) is 6. The van der Waals surface area contributed by atoms with E-state index in [-0.39, 0.29) is 97.3 Å². The Hall–Kier alpha value is -7.86. The highest BCUT2D eigenvalue weighted by Crippen LogP contribution is 2.05. The molecule has 11 N–H and O–H groups in total. The number of amides is 8. The van der Waals surface area contributed by atoms with Crippen LogP contribution in [0.5, 0.6) is 0 Å². The summed E-state index contributed by atoms with van der Waals surface area (Å²) in [4.78, 5) is 102. The van der Waals surface area contributed by atoms with Crippen LogP contribution >= 0.6 is 0 Å². The van der Waals surface area contributed by atoms with Crippen molar-refractivity contribution in [1.29, 1.82) is 0 Å². The highest BCUT2D eigenvalue weighted by molar-refractivity contribution is 5.91. The number of primary amides is 1. The molecule has 0 bridgehead atoms. The Labute approximate surface area is 509 Å². The molecule has 2 aromatic rings. The first-order valence-electron chi connectivity index (χ1n) is 29.1. The molecule has 0 saturated carbocycles. The van der Waals surface area contributed by atoms with Crippen molar-refractivity contribution in [2.45, 2.75) is 103 Å². The maximum Gasteiger partial charge on any atom is 0.408 e. The van der Waals surface area contributed by atoms with E-state index in [1.54, 1.807) is 36.4 Å². The quantitative estimate of drug-likeness (QED) is 0.0199. The van der Waals surface area contributed by atoms with E-state index in [1.165, 1.54) is 19.3 Å². The standard InChI is InChI=1S/C28H45N7O8.C23H35N7O8.C5H13N/c1-2-3-7-12-30-25(36)11-10-24(34-28(39)43-22-23-8-5-4-6-9-23)27(38)32-21-26(37)31-13-15-40-17-19-42-20-18-41-16-14-33-35-29;24-20(31)7-6-19(29-23(34)38-17-18-4-2-1-3-5-18)22(33)27-16-21(32)26-8-10-35-12-14-37-15-13-36-11-9-28-30-25;1-2-3-4-5-6/h4-6,8-9,24H,2-3,7,10-22H2,1H3,(H,30,36)(H,31,37)(H,32,38)(H,34,39);1-5,19H,6-17H2,(H2,24,31)(H,26,32)(H,27,33)(H,29,34);2-6H2,1H3/t24-;19-;/m00./s1. The number of unbranched alkanes of at least 4 members (excludes halogenated alkanes) is 4.